The van der Waals surface area contributed by atoms with Gasteiger partial charge < -0.3 is 10.2 Å². The quantitative estimate of drug-likeness (QED) is 0.494. The summed E-state index contributed by atoms with van der Waals surface area (Å²) in [5.74, 6) is -0.894. The summed E-state index contributed by atoms with van der Waals surface area (Å²) in [5.41, 5.74) is -0.330. The molecule has 4 heteroatoms. The van der Waals surface area contributed by atoms with Gasteiger partial charge >= 0.3 is 5.97 Å². The minimum Gasteiger partial charge on any atom is -0.480 e. The lowest BCUT2D eigenvalue weighted by Crippen LogP contribution is -2.37. The van der Waals surface area contributed by atoms with Gasteiger partial charge in [-0.25, -0.2) is 0 Å². The molecule has 0 amide bonds. The molecule has 1 saturated heterocycles. The van der Waals surface area contributed by atoms with Crippen LogP contribution in [0.15, 0.2) is 0 Å². The van der Waals surface area contributed by atoms with Crippen molar-refractivity contribution < 1.29 is 15.0 Å². The number of carbonyl (C=O) groups is 1. The minimum atomic E-state index is -0.894. The van der Waals surface area contributed by atoms with Crippen LogP contribution in [0.4, 0.5) is 0 Å². The van der Waals surface area contributed by atoms with Gasteiger partial charge in [0.25, 0.3) is 0 Å². The van der Waals surface area contributed by atoms with E-state index in [1.807, 2.05) is 13.8 Å². The molecule has 1 rings (SSSR count). The van der Waals surface area contributed by atoms with Crippen LogP contribution < -0.4 is 5.32 Å². The summed E-state index contributed by atoms with van der Waals surface area (Å²) < 4.78 is 0. The van der Waals surface area contributed by atoms with Gasteiger partial charge in [0.15, 0.2) is 0 Å². The van der Waals surface area contributed by atoms with Crippen molar-refractivity contribution in [2.24, 2.45) is 5.41 Å². The van der Waals surface area contributed by atoms with Gasteiger partial charge in [-0.3, -0.25) is 10.1 Å². The van der Waals surface area contributed by atoms with Gasteiger partial charge in [0.05, 0.1) is 0 Å². The van der Waals surface area contributed by atoms with Crippen LogP contribution in [0.2, 0.25) is 0 Å². The summed E-state index contributed by atoms with van der Waals surface area (Å²) in [6.07, 6.45) is -0.229. The molecule has 0 aromatic rings. The van der Waals surface area contributed by atoms with Crippen LogP contribution in [-0.4, -0.2) is 28.5 Å². The third kappa shape index (κ3) is 1.52. The highest BCUT2D eigenvalue weighted by molar-refractivity contribution is 5.74. The molecule has 2 atom stereocenters. The van der Waals surface area contributed by atoms with Gasteiger partial charge in [-0.2, -0.15) is 0 Å². The maximum atomic E-state index is 10.5. The van der Waals surface area contributed by atoms with E-state index in [0.717, 1.165) is 0 Å². The summed E-state index contributed by atoms with van der Waals surface area (Å²) in [5, 5.41) is 20.5. The summed E-state index contributed by atoms with van der Waals surface area (Å²) >= 11 is 0. The summed E-state index contributed by atoms with van der Waals surface area (Å²) in [6.45, 7) is 3.68. The summed E-state index contributed by atoms with van der Waals surface area (Å²) in [6, 6.07) is -0.597. The zero-order chi connectivity index (χ0) is 8.65. The van der Waals surface area contributed by atoms with Crippen LogP contribution in [0.1, 0.15) is 20.3 Å². The topological polar surface area (TPSA) is 69.6 Å². The lowest BCUT2D eigenvalue weighted by molar-refractivity contribution is -0.139. The molecule has 0 spiro atoms. The molecule has 11 heavy (non-hydrogen) atoms. The SMILES string of the molecule is CC1(C)C[C@@H](C(=O)O)N[C@H]1O. The minimum absolute atomic E-state index is 0.330. The molecule has 1 aliphatic rings. The number of hydrogen-bond donors (Lipinski definition) is 3. The Bertz CT molecular complexity index is 179. The van der Waals surface area contributed by atoms with Crippen molar-refractivity contribution in [1.29, 1.82) is 0 Å². The maximum Gasteiger partial charge on any atom is 0.320 e. The average Bonchev–Trinajstić information content (AvgIpc) is 2.08. The van der Waals surface area contributed by atoms with Crippen molar-refractivity contribution in [2.45, 2.75) is 32.5 Å². The molecule has 0 unspecified atom stereocenters. The Morgan fingerprint density at radius 1 is 1.64 bits per heavy atom. The molecular weight excluding hydrogens is 146 g/mol. The molecule has 0 aromatic carbocycles. The van der Waals surface area contributed by atoms with Crippen LogP contribution in [0.25, 0.3) is 0 Å². The van der Waals surface area contributed by atoms with Gasteiger partial charge in [-0.05, 0) is 6.42 Å². The van der Waals surface area contributed by atoms with Crippen LogP contribution in [0, 0.1) is 5.41 Å². The Kier molecular flexibility index (Phi) is 1.90. The fourth-order valence-electron chi connectivity index (χ4n) is 1.27. The largest absolute Gasteiger partial charge is 0.480 e. The molecule has 0 bridgehead atoms. The monoisotopic (exact) mass is 159 g/mol. The Morgan fingerprint density at radius 3 is 2.36 bits per heavy atom. The highest BCUT2D eigenvalue weighted by atomic mass is 16.4. The lowest BCUT2D eigenvalue weighted by Gasteiger charge is -2.20. The molecular formula is C7H13NO3. The van der Waals surface area contributed by atoms with E-state index in [1.54, 1.807) is 0 Å². The molecule has 0 radical (unpaired) electrons. The number of aliphatic hydroxyl groups excluding tert-OH is 1. The number of carboxylic acid groups (broad SMARTS) is 1. The molecule has 1 heterocycles. The van der Waals surface area contributed by atoms with Crippen LogP contribution in [-0.2, 0) is 4.79 Å². The maximum absolute atomic E-state index is 10.5. The van der Waals surface area contributed by atoms with E-state index < -0.39 is 18.2 Å². The number of carboxylic acids is 1. The molecule has 0 aromatic heterocycles. The molecule has 3 N–H and O–H groups in total. The predicted octanol–water partition coefficient (Wildman–Crippen LogP) is -0.223. The first-order valence-corrected chi connectivity index (χ1v) is 3.60. The molecule has 4 nitrogen and oxygen atoms in total. The fourth-order valence-corrected chi connectivity index (χ4v) is 1.27. The highest BCUT2D eigenvalue weighted by Gasteiger charge is 2.41. The Labute approximate surface area is 65.2 Å². The molecule has 1 aliphatic heterocycles. The Morgan fingerprint density at radius 2 is 2.18 bits per heavy atom. The van der Waals surface area contributed by atoms with Gasteiger partial charge in [0, 0.05) is 5.41 Å². The van der Waals surface area contributed by atoms with Crippen LogP contribution >= 0.6 is 0 Å². The normalized spacial score (nSPS) is 35.5. The number of aliphatic hydroxyl groups is 1. The summed E-state index contributed by atoms with van der Waals surface area (Å²) in [7, 11) is 0. The van der Waals surface area contributed by atoms with E-state index in [0.29, 0.717) is 6.42 Å². The predicted molar refractivity (Wildman–Crippen MR) is 39.0 cm³/mol. The first kappa shape index (κ1) is 8.49. The lowest BCUT2D eigenvalue weighted by atomic mass is 9.89. The first-order valence-electron chi connectivity index (χ1n) is 3.60. The van der Waals surface area contributed by atoms with Crippen LogP contribution in [0.5, 0.6) is 0 Å². The first-order chi connectivity index (χ1) is 4.93. The smallest absolute Gasteiger partial charge is 0.320 e. The molecule has 0 aliphatic carbocycles. The number of nitrogens with one attached hydrogen (secondary N) is 1. The standard InChI is InChI=1S/C7H13NO3/c1-7(2)3-4(5(9)10)8-6(7)11/h4,6,8,11H,3H2,1-2H3,(H,9,10)/t4-,6-/m0/s1. The summed E-state index contributed by atoms with van der Waals surface area (Å²) in [4.78, 5) is 10.5. The fraction of sp³-hybridized carbons (Fsp3) is 0.857. The van der Waals surface area contributed by atoms with Crippen molar-refractivity contribution in [2.75, 3.05) is 0 Å². The third-order valence-corrected chi connectivity index (χ3v) is 2.13. The zero-order valence-corrected chi connectivity index (χ0v) is 6.66. The van der Waals surface area contributed by atoms with E-state index in [4.69, 9.17) is 5.11 Å². The number of aliphatic carboxylic acids is 1. The second-order valence-corrected chi connectivity index (χ2v) is 3.65. The van der Waals surface area contributed by atoms with E-state index in [-0.39, 0.29) is 5.41 Å². The van der Waals surface area contributed by atoms with E-state index >= 15 is 0 Å². The average molecular weight is 159 g/mol. The number of hydrogen-bond acceptors (Lipinski definition) is 3. The molecule has 1 fully saturated rings. The Balaban J connectivity index is 2.64. The second-order valence-electron chi connectivity index (χ2n) is 3.65. The molecule has 64 valence electrons. The van der Waals surface area contributed by atoms with Crippen molar-refractivity contribution in [3.63, 3.8) is 0 Å². The van der Waals surface area contributed by atoms with Crippen molar-refractivity contribution in [3.8, 4) is 0 Å². The van der Waals surface area contributed by atoms with E-state index in [9.17, 15) is 9.90 Å². The van der Waals surface area contributed by atoms with Gasteiger partial charge in [0.2, 0.25) is 0 Å². The van der Waals surface area contributed by atoms with Gasteiger partial charge in [-0.15, -0.1) is 0 Å². The van der Waals surface area contributed by atoms with E-state index in [1.165, 1.54) is 0 Å². The van der Waals surface area contributed by atoms with E-state index in [2.05, 4.69) is 5.32 Å². The zero-order valence-electron chi connectivity index (χ0n) is 6.66. The van der Waals surface area contributed by atoms with Crippen LogP contribution in [0.3, 0.4) is 0 Å². The van der Waals surface area contributed by atoms with Crippen molar-refractivity contribution in [1.82, 2.24) is 5.32 Å². The molecule has 0 saturated carbocycles. The van der Waals surface area contributed by atoms with Crippen molar-refractivity contribution >= 4 is 5.97 Å². The Hall–Kier alpha value is -0.610. The second kappa shape index (κ2) is 2.46. The highest BCUT2D eigenvalue weighted by Crippen LogP contribution is 2.31. The van der Waals surface area contributed by atoms with Gasteiger partial charge in [-0.1, -0.05) is 13.8 Å². The van der Waals surface area contributed by atoms with Crippen molar-refractivity contribution in [3.05, 3.63) is 0 Å². The third-order valence-electron chi connectivity index (χ3n) is 2.13. The van der Waals surface area contributed by atoms with Gasteiger partial charge in [0.1, 0.15) is 12.3 Å². The number of rotatable bonds is 1.